The highest BCUT2D eigenvalue weighted by molar-refractivity contribution is 6.06. The van der Waals surface area contributed by atoms with E-state index in [2.05, 4.69) is 20.2 Å². The maximum absolute atomic E-state index is 12.7. The van der Waals surface area contributed by atoms with Crippen LogP contribution in [-0.2, 0) is 0 Å². The lowest BCUT2D eigenvalue weighted by Crippen LogP contribution is -2.29. The summed E-state index contributed by atoms with van der Waals surface area (Å²) in [5.74, 6) is 0.565. The third-order valence-corrected chi connectivity index (χ3v) is 6.10. The van der Waals surface area contributed by atoms with Crippen LogP contribution in [-0.4, -0.2) is 28.0 Å². The number of benzene rings is 1. The number of para-hydroxylation sites is 1. The minimum atomic E-state index is -0.425. The number of hydrogen-bond acceptors (Lipinski definition) is 4. The van der Waals surface area contributed by atoms with E-state index in [1.165, 1.54) is 31.9 Å². The second-order valence-electron chi connectivity index (χ2n) is 7.76. The number of carbonyl (C=O) groups is 1. The lowest BCUT2D eigenvalue weighted by molar-refractivity contribution is 0.102. The molecular weight excluding hydrogens is 352 g/mol. The molecule has 5 rings (SSSR count). The maximum atomic E-state index is 12.7. The fraction of sp³-hybridized carbons (Fsp3) is 0.318. The highest BCUT2D eigenvalue weighted by atomic mass is 16.2. The van der Waals surface area contributed by atoms with E-state index >= 15 is 0 Å². The molecule has 2 fully saturated rings. The number of hydrogen-bond donors (Lipinski definition) is 2. The molecule has 0 aliphatic carbocycles. The molecule has 2 saturated heterocycles. The summed E-state index contributed by atoms with van der Waals surface area (Å²) in [5, 5.41) is 3.35. The fourth-order valence-corrected chi connectivity index (χ4v) is 4.63. The van der Waals surface area contributed by atoms with Crippen molar-refractivity contribution < 1.29 is 4.79 Å². The minimum Gasteiger partial charge on any atom is -0.360 e. The van der Waals surface area contributed by atoms with Gasteiger partial charge in [0, 0.05) is 29.2 Å². The van der Waals surface area contributed by atoms with Crippen LogP contribution in [0.4, 0.5) is 11.5 Å². The molecule has 2 aliphatic heterocycles. The molecule has 1 amide bonds. The van der Waals surface area contributed by atoms with Crippen LogP contribution < -0.4 is 15.6 Å². The zero-order valence-corrected chi connectivity index (χ0v) is 15.7. The van der Waals surface area contributed by atoms with Gasteiger partial charge in [0.2, 0.25) is 5.43 Å². The number of aryl methyl sites for hydroxylation is 1. The van der Waals surface area contributed by atoms with Gasteiger partial charge in [-0.25, -0.2) is 4.98 Å². The van der Waals surface area contributed by atoms with E-state index < -0.39 is 5.91 Å². The molecule has 0 spiro atoms. The third kappa shape index (κ3) is 2.68. The van der Waals surface area contributed by atoms with Crippen LogP contribution in [0.25, 0.3) is 10.9 Å². The molecule has 4 heterocycles. The summed E-state index contributed by atoms with van der Waals surface area (Å²) in [5.41, 5.74) is 2.11. The van der Waals surface area contributed by atoms with Crippen molar-refractivity contribution in [3.8, 4) is 0 Å². The SMILES string of the molecule is Cc1cc(N2C3CCC2CC3)ncc1NC(=O)c1c[nH]c2ccccc2c1=O. The van der Waals surface area contributed by atoms with Gasteiger partial charge in [-0.2, -0.15) is 0 Å². The normalized spacial score (nSPS) is 20.7. The quantitative estimate of drug-likeness (QED) is 0.734. The lowest BCUT2D eigenvalue weighted by Gasteiger charge is -2.24. The van der Waals surface area contributed by atoms with E-state index in [9.17, 15) is 9.59 Å². The summed E-state index contributed by atoms with van der Waals surface area (Å²) in [4.78, 5) is 35.4. The predicted molar refractivity (Wildman–Crippen MR) is 110 cm³/mol. The predicted octanol–water partition coefficient (Wildman–Crippen LogP) is 3.62. The molecule has 142 valence electrons. The van der Waals surface area contributed by atoms with E-state index in [1.54, 1.807) is 18.3 Å². The molecular formula is C22H22N4O2. The average Bonchev–Trinajstić information content (AvgIpc) is 3.30. The molecule has 6 nitrogen and oxygen atoms in total. The van der Waals surface area contributed by atoms with E-state index in [0.717, 1.165) is 11.4 Å². The Hall–Kier alpha value is -3.15. The van der Waals surface area contributed by atoms with Gasteiger partial charge in [-0.05, 0) is 56.4 Å². The molecule has 0 unspecified atom stereocenters. The van der Waals surface area contributed by atoms with Gasteiger partial charge < -0.3 is 15.2 Å². The lowest BCUT2D eigenvalue weighted by atomic mass is 10.0. The molecule has 3 aromatic rings. The Morgan fingerprint density at radius 1 is 1.18 bits per heavy atom. The van der Waals surface area contributed by atoms with E-state index in [1.807, 2.05) is 25.1 Å². The molecule has 6 heteroatoms. The zero-order chi connectivity index (χ0) is 19.3. The number of anilines is 2. The molecule has 28 heavy (non-hydrogen) atoms. The molecule has 2 bridgehead atoms. The summed E-state index contributed by atoms with van der Waals surface area (Å²) >= 11 is 0. The Morgan fingerprint density at radius 2 is 1.89 bits per heavy atom. The molecule has 0 atom stereocenters. The standard InChI is InChI=1S/C22H22N4O2/c1-13-10-20(26-14-6-7-15(26)9-8-14)24-12-19(13)25-22(28)17-11-23-18-5-3-2-4-16(18)21(17)27/h2-5,10-12,14-15H,6-9H2,1H3,(H,23,27)(H,25,28). The van der Waals surface area contributed by atoms with Gasteiger partial charge in [0.05, 0.1) is 11.9 Å². The number of aromatic amines is 1. The van der Waals surface area contributed by atoms with Gasteiger partial charge in [0.15, 0.2) is 0 Å². The summed E-state index contributed by atoms with van der Waals surface area (Å²) in [7, 11) is 0. The molecule has 2 N–H and O–H groups in total. The number of carbonyl (C=O) groups excluding carboxylic acids is 1. The number of H-pyrrole nitrogens is 1. The number of fused-ring (bicyclic) bond motifs is 3. The zero-order valence-electron chi connectivity index (χ0n) is 15.7. The average molecular weight is 374 g/mol. The summed E-state index contributed by atoms with van der Waals surface area (Å²) < 4.78 is 0. The van der Waals surface area contributed by atoms with Crippen LogP contribution in [0.5, 0.6) is 0 Å². The van der Waals surface area contributed by atoms with Crippen LogP contribution in [0.1, 0.15) is 41.6 Å². The number of aromatic nitrogens is 2. The van der Waals surface area contributed by atoms with Crippen LogP contribution in [0.3, 0.4) is 0 Å². The molecule has 1 aromatic carbocycles. The van der Waals surface area contributed by atoms with Crippen molar-refractivity contribution in [2.75, 3.05) is 10.2 Å². The van der Waals surface area contributed by atoms with Gasteiger partial charge >= 0.3 is 0 Å². The molecule has 0 radical (unpaired) electrons. The van der Waals surface area contributed by atoms with Gasteiger partial charge in [-0.15, -0.1) is 0 Å². The smallest absolute Gasteiger partial charge is 0.261 e. The number of rotatable bonds is 3. The monoisotopic (exact) mass is 374 g/mol. The number of pyridine rings is 2. The number of nitrogens with one attached hydrogen (secondary N) is 2. The van der Waals surface area contributed by atoms with Crippen LogP contribution >= 0.6 is 0 Å². The number of nitrogens with zero attached hydrogens (tertiary/aromatic N) is 2. The van der Waals surface area contributed by atoms with E-state index in [-0.39, 0.29) is 11.0 Å². The molecule has 2 aliphatic rings. The second-order valence-corrected chi connectivity index (χ2v) is 7.76. The Kier molecular flexibility index (Phi) is 3.93. The molecule has 2 aromatic heterocycles. The fourth-order valence-electron chi connectivity index (χ4n) is 4.63. The van der Waals surface area contributed by atoms with Crippen molar-refractivity contribution in [2.24, 2.45) is 0 Å². The Bertz CT molecular complexity index is 1120. The Balaban J connectivity index is 1.41. The van der Waals surface area contributed by atoms with Crippen molar-refractivity contribution in [3.63, 3.8) is 0 Å². The van der Waals surface area contributed by atoms with Crippen molar-refractivity contribution in [3.05, 3.63) is 64.1 Å². The first-order valence-corrected chi connectivity index (χ1v) is 9.78. The van der Waals surface area contributed by atoms with Crippen molar-refractivity contribution >= 4 is 28.3 Å². The highest BCUT2D eigenvalue weighted by Gasteiger charge is 2.39. The number of amides is 1. The van der Waals surface area contributed by atoms with Crippen LogP contribution in [0.2, 0.25) is 0 Å². The first-order valence-electron chi connectivity index (χ1n) is 9.78. The minimum absolute atomic E-state index is 0.0970. The van der Waals surface area contributed by atoms with Gasteiger partial charge in [0.1, 0.15) is 11.4 Å². The maximum Gasteiger partial charge on any atom is 0.261 e. The Morgan fingerprint density at radius 3 is 2.61 bits per heavy atom. The van der Waals surface area contributed by atoms with Crippen molar-refractivity contribution in [1.29, 1.82) is 0 Å². The van der Waals surface area contributed by atoms with Crippen LogP contribution in [0.15, 0.2) is 47.5 Å². The first-order chi connectivity index (χ1) is 13.6. The van der Waals surface area contributed by atoms with Crippen molar-refractivity contribution in [1.82, 2.24) is 9.97 Å². The largest absolute Gasteiger partial charge is 0.360 e. The van der Waals surface area contributed by atoms with Gasteiger partial charge in [-0.3, -0.25) is 9.59 Å². The second kappa shape index (κ2) is 6.48. The summed E-state index contributed by atoms with van der Waals surface area (Å²) in [6, 6.07) is 10.4. The van der Waals surface area contributed by atoms with Crippen molar-refractivity contribution in [2.45, 2.75) is 44.7 Å². The first kappa shape index (κ1) is 17.0. The summed E-state index contributed by atoms with van der Waals surface area (Å²) in [6.45, 7) is 1.96. The Labute approximate surface area is 162 Å². The van der Waals surface area contributed by atoms with Gasteiger partial charge in [0.25, 0.3) is 5.91 Å². The van der Waals surface area contributed by atoms with Crippen LogP contribution in [0, 0.1) is 6.92 Å². The van der Waals surface area contributed by atoms with E-state index in [0.29, 0.717) is 28.7 Å². The summed E-state index contributed by atoms with van der Waals surface area (Å²) in [6.07, 6.45) is 8.15. The van der Waals surface area contributed by atoms with Gasteiger partial charge in [-0.1, -0.05) is 12.1 Å². The topological polar surface area (TPSA) is 78.1 Å². The molecule has 0 saturated carbocycles. The van der Waals surface area contributed by atoms with E-state index in [4.69, 9.17) is 0 Å². The highest BCUT2D eigenvalue weighted by Crippen LogP contribution is 2.40. The third-order valence-electron chi connectivity index (χ3n) is 6.10.